The summed E-state index contributed by atoms with van der Waals surface area (Å²) in [6.45, 7) is 14.6. The highest BCUT2D eigenvalue weighted by Gasteiger charge is 2.13. The lowest BCUT2D eigenvalue weighted by molar-refractivity contribution is -0.115. The molecule has 0 radical (unpaired) electrons. The van der Waals surface area contributed by atoms with Gasteiger partial charge in [0.2, 0.25) is 5.91 Å². The Morgan fingerprint density at radius 1 is 1.07 bits per heavy atom. The van der Waals surface area contributed by atoms with Gasteiger partial charge in [0.15, 0.2) is 0 Å². The number of amides is 1. The minimum absolute atomic E-state index is 0.0244. The summed E-state index contributed by atoms with van der Waals surface area (Å²) in [5, 5.41) is 4.55. The maximum absolute atomic E-state index is 12.7. The predicted octanol–water partition coefficient (Wildman–Crippen LogP) is 9.07. The fraction of sp³-hybridized carbons (Fsp3) is 0.364. The first-order valence-corrected chi connectivity index (χ1v) is 16.2. The van der Waals surface area contributed by atoms with E-state index in [9.17, 15) is 9.59 Å². The number of aromatic nitrogens is 2. The molecule has 0 saturated heterocycles. The van der Waals surface area contributed by atoms with Gasteiger partial charge in [-0.25, -0.2) is 0 Å². The standard InChI is InChI=1S/C27H25N3O2S2.3C2H6/c1-2-33-22-10-7-18(8-11-22)14-26(31)29-21-9-12-24-25(15-21)34-27(32)30(24)17-19-13-20-5-3-4-6-23(20)28-16-19;3*1-2/h3-10,12-13,15-16,22H,2,11,14,17H2,1H3,(H,29,31);3*1-2H3. The Hall–Kier alpha value is -3.16. The third-order valence-electron chi connectivity index (χ3n) is 5.82. The minimum Gasteiger partial charge on any atom is -0.326 e. The van der Waals surface area contributed by atoms with Crippen molar-refractivity contribution in [1.29, 1.82) is 0 Å². The molecule has 1 N–H and O–H groups in total. The fourth-order valence-corrected chi connectivity index (χ4v) is 5.96. The van der Waals surface area contributed by atoms with Crippen LogP contribution in [-0.2, 0) is 11.3 Å². The first kappa shape index (κ1) is 33.0. The van der Waals surface area contributed by atoms with Crippen molar-refractivity contribution in [2.75, 3.05) is 11.1 Å². The Labute approximate surface area is 247 Å². The Bertz CT molecular complexity index is 1480. The average Bonchev–Trinajstić information content (AvgIpc) is 3.31. The van der Waals surface area contributed by atoms with Gasteiger partial charge in [-0.05, 0) is 53.6 Å². The van der Waals surface area contributed by atoms with Crippen LogP contribution in [0.4, 0.5) is 5.69 Å². The van der Waals surface area contributed by atoms with Gasteiger partial charge in [-0.15, -0.1) is 0 Å². The molecule has 4 aromatic rings. The largest absolute Gasteiger partial charge is 0.326 e. The maximum atomic E-state index is 12.7. The number of anilines is 1. The SMILES string of the molecule is CC.CC.CC.CCSC1C=CC(CC(=O)Nc2ccc3c(c2)sc(=O)n3Cc2cnc3ccccc3c2)=CC1. The summed E-state index contributed by atoms with van der Waals surface area (Å²) in [6.07, 6.45) is 9.55. The summed E-state index contributed by atoms with van der Waals surface area (Å²) < 4.78 is 2.62. The highest BCUT2D eigenvalue weighted by molar-refractivity contribution is 8.00. The van der Waals surface area contributed by atoms with E-state index in [2.05, 4.69) is 41.5 Å². The topological polar surface area (TPSA) is 64.0 Å². The summed E-state index contributed by atoms with van der Waals surface area (Å²) >= 11 is 3.11. The number of allylic oxidation sites excluding steroid dienone is 2. The Morgan fingerprint density at radius 3 is 2.52 bits per heavy atom. The zero-order valence-corrected chi connectivity index (χ0v) is 26.5. The molecule has 1 amide bonds. The van der Waals surface area contributed by atoms with Crippen molar-refractivity contribution in [2.24, 2.45) is 0 Å². The second-order valence-corrected chi connectivity index (χ2v) is 10.8. The van der Waals surface area contributed by atoms with Crippen LogP contribution in [0.1, 0.15) is 66.9 Å². The van der Waals surface area contributed by atoms with Gasteiger partial charge in [0.05, 0.1) is 28.7 Å². The number of benzene rings is 2. The van der Waals surface area contributed by atoms with E-state index in [1.807, 2.05) is 102 Å². The number of thiazole rings is 1. The van der Waals surface area contributed by atoms with Crippen LogP contribution >= 0.6 is 23.1 Å². The molecule has 7 heteroatoms. The van der Waals surface area contributed by atoms with E-state index >= 15 is 0 Å². The molecule has 40 heavy (non-hydrogen) atoms. The summed E-state index contributed by atoms with van der Waals surface area (Å²) in [5.74, 6) is 1.04. The number of carbonyl (C=O) groups excluding carboxylic acids is 1. The Kier molecular flexibility index (Phi) is 14.5. The van der Waals surface area contributed by atoms with Crippen molar-refractivity contribution in [3.63, 3.8) is 0 Å². The molecule has 1 atom stereocenters. The van der Waals surface area contributed by atoms with Crippen LogP contribution in [0.25, 0.3) is 21.1 Å². The molecule has 0 bridgehead atoms. The van der Waals surface area contributed by atoms with Crippen molar-refractivity contribution < 1.29 is 4.79 Å². The van der Waals surface area contributed by atoms with Crippen molar-refractivity contribution in [2.45, 2.75) is 73.1 Å². The smallest absolute Gasteiger partial charge is 0.308 e. The summed E-state index contributed by atoms with van der Waals surface area (Å²) in [7, 11) is 0. The van der Waals surface area contributed by atoms with E-state index in [0.29, 0.717) is 23.9 Å². The number of nitrogens with zero attached hydrogens (tertiary/aromatic N) is 2. The molecule has 2 aromatic heterocycles. The van der Waals surface area contributed by atoms with E-state index in [-0.39, 0.29) is 10.8 Å². The lowest BCUT2D eigenvalue weighted by Crippen LogP contribution is -2.14. The monoisotopic (exact) mass is 577 g/mol. The molecule has 2 heterocycles. The fourth-order valence-electron chi connectivity index (χ4n) is 4.18. The van der Waals surface area contributed by atoms with E-state index in [1.54, 1.807) is 4.57 Å². The third kappa shape index (κ3) is 8.93. The number of hydrogen-bond donors (Lipinski definition) is 1. The minimum atomic E-state index is -0.0501. The van der Waals surface area contributed by atoms with Gasteiger partial charge in [-0.2, -0.15) is 11.8 Å². The molecule has 0 aliphatic heterocycles. The number of nitrogens with one attached hydrogen (secondary N) is 1. The van der Waals surface area contributed by atoms with E-state index in [0.717, 1.165) is 44.4 Å². The lowest BCUT2D eigenvalue weighted by atomic mass is 10.0. The molecule has 0 saturated carbocycles. The molecule has 5 rings (SSSR count). The number of pyridine rings is 1. The molecule has 1 unspecified atom stereocenters. The zero-order chi connectivity index (χ0) is 29.5. The van der Waals surface area contributed by atoms with Crippen molar-refractivity contribution in [3.8, 4) is 0 Å². The second kappa shape index (κ2) is 17.5. The molecule has 1 aliphatic carbocycles. The number of hydrogen-bond acceptors (Lipinski definition) is 5. The third-order valence-corrected chi connectivity index (χ3v) is 7.88. The molecule has 2 aromatic carbocycles. The number of rotatable bonds is 7. The van der Waals surface area contributed by atoms with E-state index in [4.69, 9.17) is 0 Å². The lowest BCUT2D eigenvalue weighted by Gasteiger charge is -2.15. The van der Waals surface area contributed by atoms with Gasteiger partial charge in [0.1, 0.15) is 0 Å². The number of fused-ring (bicyclic) bond motifs is 2. The van der Waals surface area contributed by atoms with Crippen molar-refractivity contribution in [1.82, 2.24) is 9.55 Å². The molecule has 214 valence electrons. The van der Waals surface area contributed by atoms with Gasteiger partial charge in [0.25, 0.3) is 0 Å². The first-order chi connectivity index (χ1) is 19.6. The van der Waals surface area contributed by atoms with E-state index < -0.39 is 0 Å². The normalized spacial score (nSPS) is 13.7. The predicted molar refractivity (Wildman–Crippen MR) is 178 cm³/mol. The molecule has 0 fully saturated rings. The van der Waals surface area contributed by atoms with Crippen LogP contribution in [-0.4, -0.2) is 26.5 Å². The number of para-hydroxylation sites is 1. The zero-order valence-electron chi connectivity index (χ0n) is 24.9. The summed E-state index contributed by atoms with van der Waals surface area (Å²) in [6, 6.07) is 15.7. The van der Waals surface area contributed by atoms with Crippen LogP contribution in [0.15, 0.2) is 83.3 Å². The summed E-state index contributed by atoms with van der Waals surface area (Å²) in [4.78, 5) is 29.8. The van der Waals surface area contributed by atoms with Crippen LogP contribution in [0.2, 0.25) is 0 Å². The van der Waals surface area contributed by atoms with Crippen molar-refractivity contribution in [3.05, 3.63) is 93.8 Å². The molecule has 0 spiro atoms. The first-order valence-electron chi connectivity index (χ1n) is 14.3. The highest BCUT2D eigenvalue weighted by atomic mass is 32.2. The number of carbonyl (C=O) groups is 1. The van der Waals surface area contributed by atoms with Gasteiger partial charge in [-0.3, -0.25) is 19.1 Å². The molecular formula is C33H43N3O2S2. The second-order valence-electron chi connectivity index (χ2n) is 8.27. The Morgan fingerprint density at radius 2 is 1.82 bits per heavy atom. The van der Waals surface area contributed by atoms with Gasteiger partial charge < -0.3 is 5.32 Å². The number of thioether (sulfide) groups is 1. The van der Waals surface area contributed by atoms with Crippen molar-refractivity contribution >= 4 is 55.8 Å². The van der Waals surface area contributed by atoms with Gasteiger partial charge >= 0.3 is 4.87 Å². The maximum Gasteiger partial charge on any atom is 0.308 e. The van der Waals surface area contributed by atoms with Crippen LogP contribution in [0, 0.1) is 0 Å². The van der Waals surface area contributed by atoms with Crippen LogP contribution in [0.5, 0.6) is 0 Å². The van der Waals surface area contributed by atoms with Crippen LogP contribution in [0.3, 0.4) is 0 Å². The van der Waals surface area contributed by atoms with Gasteiger partial charge in [0, 0.05) is 22.5 Å². The molecule has 5 nitrogen and oxygen atoms in total. The highest BCUT2D eigenvalue weighted by Crippen LogP contribution is 2.25. The van der Waals surface area contributed by atoms with E-state index in [1.165, 1.54) is 11.3 Å². The molecule has 1 aliphatic rings. The molecular weight excluding hydrogens is 535 g/mol. The average molecular weight is 578 g/mol. The van der Waals surface area contributed by atoms with Gasteiger partial charge in [-0.1, -0.05) is 96.2 Å². The summed E-state index contributed by atoms with van der Waals surface area (Å²) in [5.41, 5.74) is 4.53. The quantitative estimate of drug-likeness (QED) is 0.238. The van der Waals surface area contributed by atoms with Crippen LogP contribution < -0.4 is 10.2 Å². The Balaban J connectivity index is 0.000000876.